The minimum Gasteiger partial charge on any atom is -0.299 e. The van der Waals surface area contributed by atoms with Gasteiger partial charge in [-0.15, -0.1) is 0 Å². The Labute approximate surface area is 135 Å². The van der Waals surface area contributed by atoms with E-state index in [0.717, 1.165) is 28.3 Å². The Morgan fingerprint density at radius 3 is 2.74 bits per heavy atom. The molecule has 0 aliphatic carbocycles. The number of hydrogen-bond donors (Lipinski definition) is 0. The average molecular weight is 303 g/mol. The number of benzene rings is 2. The van der Waals surface area contributed by atoms with Crippen molar-refractivity contribution in [1.29, 1.82) is 0 Å². The van der Waals surface area contributed by atoms with Crippen LogP contribution in [-0.4, -0.2) is 17.1 Å². The van der Waals surface area contributed by atoms with Gasteiger partial charge in [0.1, 0.15) is 12.1 Å². The van der Waals surface area contributed by atoms with Crippen molar-refractivity contribution in [3.63, 3.8) is 0 Å². The summed E-state index contributed by atoms with van der Waals surface area (Å²) >= 11 is 0. The van der Waals surface area contributed by atoms with E-state index in [1.807, 2.05) is 30.3 Å². The van der Waals surface area contributed by atoms with E-state index in [-0.39, 0.29) is 5.78 Å². The first-order valence-electron chi connectivity index (χ1n) is 7.65. The minimum atomic E-state index is 0.180. The van der Waals surface area contributed by atoms with Crippen molar-refractivity contribution in [2.75, 3.05) is 0 Å². The van der Waals surface area contributed by atoms with Crippen LogP contribution in [0.25, 0.3) is 10.8 Å². The van der Waals surface area contributed by atoms with Gasteiger partial charge in [0.15, 0.2) is 0 Å². The number of aromatic nitrogens is 1. The van der Waals surface area contributed by atoms with Gasteiger partial charge in [0, 0.05) is 30.3 Å². The summed E-state index contributed by atoms with van der Waals surface area (Å²) in [5, 5.41) is 2.28. The molecule has 3 nitrogen and oxygen atoms in total. The molecule has 0 radical (unpaired) electrons. The molecule has 0 bridgehead atoms. The van der Waals surface area contributed by atoms with Crippen molar-refractivity contribution in [3.05, 3.63) is 77.6 Å². The van der Waals surface area contributed by atoms with Gasteiger partial charge in [-0.2, -0.15) is 0 Å². The number of carbonyl (C=O) groups is 2. The molecule has 3 heteroatoms. The largest absolute Gasteiger partial charge is 0.299 e. The quantitative estimate of drug-likeness (QED) is 0.651. The summed E-state index contributed by atoms with van der Waals surface area (Å²) in [6, 6.07) is 17.5. The molecule has 1 aromatic heterocycles. The zero-order valence-electron chi connectivity index (χ0n) is 12.7. The van der Waals surface area contributed by atoms with Crippen LogP contribution in [0.5, 0.6) is 0 Å². The molecule has 0 N–H and O–H groups in total. The highest BCUT2D eigenvalue weighted by molar-refractivity contribution is 5.90. The molecule has 0 unspecified atom stereocenters. The summed E-state index contributed by atoms with van der Waals surface area (Å²) in [4.78, 5) is 27.3. The first-order valence-corrected chi connectivity index (χ1v) is 7.65. The molecule has 0 aliphatic heterocycles. The van der Waals surface area contributed by atoms with Crippen LogP contribution in [0, 0.1) is 0 Å². The van der Waals surface area contributed by atoms with E-state index in [0.29, 0.717) is 24.8 Å². The summed E-state index contributed by atoms with van der Waals surface area (Å²) < 4.78 is 0. The number of hydrogen-bond acceptors (Lipinski definition) is 3. The highest BCUT2D eigenvalue weighted by atomic mass is 16.1. The van der Waals surface area contributed by atoms with Gasteiger partial charge >= 0.3 is 0 Å². The van der Waals surface area contributed by atoms with Gasteiger partial charge in [-0.3, -0.25) is 14.6 Å². The van der Waals surface area contributed by atoms with E-state index in [4.69, 9.17) is 0 Å². The van der Waals surface area contributed by atoms with Crippen LogP contribution in [0.15, 0.2) is 60.8 Å². The number of nitrogens with zero attached hydrogens (tertiary/aromatic N) is 1. The van der Waals surface area contributed by atoms with Crippen LogP contribution in [-0.2, 0) is 17.6 Å². The van der Waals surface area contributed by atoms with Gasteiger partial charge in [0.2, 0.25) is 0 Å². The molecule has 0 amide bonds. The molecular formula is C20H17NO2. The van der Waals surface area contributed by atoms with Gasteiger partial charge in [-0.25, -0.2) is 0 Å². The molecule has 0 aliphatic rings. The second kappa shape index (κ2) is 6.97. The standard InChI is InChI=1S/C20H17NO2/c22-14-15-10-11-21-18(12-15)8-9-19(23)13-17-6-3-5-16-4-1-2-7-20(16)17/h1-7,10-12,14H,8-9,13H2. The third-order valence-electron chi connectivity index (χ3n) is 3.90. The molecule has 2 aromatic carbocycles. The SMILES string of the molecule is O=Cc1ccnc(CCC(=O)Cc2cccc3ccccc23)c1. The van der Waals surface area contributed by atoms with Crippen molar-refractivity contribution >= 4 is 22.8 Å². The topological polar surface area (TPSA) is 47.0 Å². The predicted octanol–water partition coefficient (Wildman–Crippen LogP) is 3.79. The van der Waals surface area contributed by atoms with Gasteiger partial charge < -0.3 is 0 Å². The zero-order chi connectivity index (χ0) is 16.1. The van der Waals surface area contributed by atoms with E-state index in [1.54, 1.807) is 18.3 Å². The number of aryl methyl sites for hydroxylation is 1. The van der Waals surface area contributed by atoms with E-state index < -0.39 is 0 Å². The number of Topliss-reactive ketones (excluding diaryl/α,β-unsaturated/α-hetero) is 1. The second-order valence-corrected chi connectivity index (χ2v) is 5.55. The highest BCUT2D eigenvalue weighted by Crippen LogP contribution is 2.19. The zero-order valence-corrected chi connectivity index (χ0v) is 12.7. The molecule has 3 aromatic rings. The lowest BCUT2D eigenvalue weighted by atomic mass is 9.98. The Bertz CT molecular complexity index is 850. The molecule has 0 spiro atoms. The van der Waals surface area contributed by atoms with Crippen LogP contribution in [0.2, 0.25) is 0 Å². The van der Waals surface area contributed by atoms with Crippen LogP contribution in [0.4, 0.5) is 0 Å². The van der Waals surface area contributed by atoms with Crippen molar-refractivity contribution in [1.82, 2.24) is 4.98 Å². The van der Waals surface area contributed by atoms with Crippen molar-refractivity contribution in [2.24, 2.45) is 0 Å². The van der Waals surface area contributed by atoms with Crippen LogP contribution < -0.4 is 0 Å². The molecule has 3 rings (SSSR count). The Morgan fingerprint density at radius 2 is 1.87 bits per heavy atom. The molecule has 0 saturated carbocycles. The summed E-state index contributed by atoms with van der Waals surface area (Å²) in [5.74, 6) is 0.180. The van der Waals surface area contributed by atoms with E-state index in [1.165, 1.54) is 0 Å². The molecular weight excluding hydrogens is 286 g/mol. The second-order valence-electron chi connectivity index (χ2n) is 5.55. The maximum Gasteiger partial charge on any atom is 0.150 e. The molecule has 23 heavy (non-hydrogen) atoms. The third kappa shape index (κ3) is 3.69. The number of fused-ring (bicyclic) bond motifs is 1. The number of ketones is 1. The van der Waals surface area contributed by atoms with Crippen molar-refractivity contribution < 1.29 is 9.59 Å². The Hall–Kier alpha value is -2.81. The molecule has 0 fully saturated rings. The molecule has 0 saturated heterocycles. The smallest absolute Gasteiger partial charge is 0.150 e. The highest BCUT2D eigenvalue weighted by Gasteiger charge is 2.08. The van der Waals surface area contributed by atoms with Gasteiger partial charge in [0.25, 0.3) is 0 Å². The maximum atomic E-state index is 12.3. The van der Waals surface area contributed by atoms with Gasteiger partial charge in [-0.1, -0.05) is 42.5 Å². The van der Waals surface area contributed by atoms with Crippen molar-refractivity contribution in [3.8, 4) is 0 Å². The van der Waals surface area contributed by atoms with Gasteiger partial charge in [-0.05, 0) is 34.9 Å². The molecule has 1 heterocycles. The Balaban J connectivity index is 1.68. The van der Waals surface area contributed by atoms with E-state index in [2.05, 4.69) is 17.1 Å². The van der Waals surface area contributed by atoms with Crippen LogP contribution >= 0.6 is 0 Å². The summed E-state index contributed by atoms with van der Waals surface area (Å²) in [5.41, 5.74) is 2.43. The lowest BCUT2D eigenvalue weighted by molar-refractivity contribution is -0.118. The number of pyridine rings is 1. The van der Waals surface area contributed by atoms with Crippen molar-refractivity contribution in [2.45, 2.75) is 19.3 Å². The lowest BCUT2D eigenvalue weighted by Crippen LogP contribution is -2.05. The monoisotopic (exact) mass is 303 g/mol. The van der Waals surface area contributed by atoms with E-state index >= 15 is 0 Å². The lowest BCUT2D eigenvalue weighted by Gasteiger charge is -2.06. The number of rotatable bonds is 6. The van der Waals surface area contributed by atoms with E-state index in [9.17, 15) is 9.59 Å². The molecule has 0 atom stereocenters. The van der Waals surface area contributed by atoms with Gasteiger partial charge in [0.05, 0.1) is 0 Å². The first-order chi connectivity index (χ1) is 11.3. The summed E-state index contributed by atoms with van der Waals surface area (Å²) in [6.45, 7) is 0. The molecule has 114 valence electrons. The normalized spacial score (nSPS) is 10.6. The average Bonchev–Trinajstić information content (AvgIpc) is 2.60. The Morgan fingerprint density at radius 1 is 1.04 bits per heavy atom. The first kappa shape index (κ1) is 15.1. The number of aldehydes is 1. The number of carbonyl (C=O) groups excluding carboxylic acids is 2. The fraction of sp³-hybridized carbons (Fsp3) is 0.150. The third-order valence-corrected chi connectivity index (χ3v) is 3.90. The fourth-order valence-electron chi connectivity index (χ4n) is 2.72. The Kier molecular flexibility index (Phi) is 4.57. The summed E-state index contributed by atoms with van der Waals surface area (Å²) in [6.07, 6.45) is 3.82. The van der Waals surface area contributed by atoms with Crippen LogP contribution in [0.3, 0.4) is 0 Å². The fourth-order valence-corrected chi connectivity index (χ4v) is 2.72. The van der Waals surface area contributed by atoms with Crippen LogP contribution in [0.1, 0.15) is 28.0 Å². The summed E-state index contributed by atoms with van der Waals surface area (Å²) in [7, 11) is 0. The predicted molar refractivity (Wildman–Crippen MR) is 90.6 cm³/mol. The maximum absolute atomic E-state index is 12.3. The minimum absolute atomic E-state index is 0.180.